The normalized spacial score (nSPS) is 17.0. The van der Waals surface area contributed by atoms with E-state index in [9.17, 15) is 20.0 Å². The maximum atomic E-state index is 12.2. The molecular weight excluding hydrogens is 330 g/mol. The van der Waals surface area contributed by atoms with E-state index in [1.807, 2.05) is 17.5 Å². The number of rotatable bonds is 4. The molecule has 2 heterocycles. The zero-order valence-corrected chi connectivity index (χ0v) is 13.7. The fourth-order valence-electron chi connectivity index (χ4n) is 2.66. The van der Waals surface area contributed by atoms with Crippen LogP contribution >= 0.6 is 11.3 Å². The molecule has 1 aromatic carbocycles. The lowest BCUT2D eigenvalue weighted by atomic mass is 10.00. The average molecular weight is 345 g/mol. The van der Waals surface area contributed by atoms with Gasteiger partial charge in [-0.15, -0.1) is 11.3 Å². The molecule has 8 heteroatoms. The molecule has 1 N–H and O–H groups in total. The van der Waals surface area contributed by atoms with Gasteiger partial charge in [-0.05, 0) is 29.1 Å². The summed E-state index contributed by atoms with van der Waals surface area (Å²) in [5.41, 5.74) is 1.06. The van der Waals surface area contributed by atoms with Crippen LogP contribution in [-0.4, -0.2) is 26.7 Å². The summed E-state index contributed by atoms with van der Waals surface area (Å²) in [6.45, 7) is 1.76. The summed E-state index contributed by atoms with van der Waals surface area (Å²) in [6, 6.07) is 7.63. The number of amides is 1. The molecule has 7 nitrogen and oxygen atoms in total. The van der Waals surface area contributed by atoms with Crippen LogP contribution in [0.5, 0.6) is 5.75 Å². The van der Waals surface area contributed by atoms with E-state index in [2.05, 4.69) is 5.10 Å². The van der Waals surface area contributed by atoms with Crippen molar-refractivity contribution in [2.75, 3.05) is 0 Å². The van der Waals surface area contributed by atoms with Gasteiger partial charge < -0.3 is 5.11 Å². The molecule has 0 aliphatic carbocycles. The van der Waals surface area contributed by atoms with Crippen molar-refractivity contribution < 1.29 is 14.8 Å². The molecule has 124 valence electrons. The Morgan fingerprint density at radius 3 is 2.88 bits per heavy atom. The second kappa shape index (κ2) is 6.40. The molecule has 0 saturated carbocycles. The zero-order chi connectivity index (χ0) is 17.3. The van der Waals surface area contributed by atoms with Gasteiger partial charge in [-0.25, -0.2) is 5.01 Å². The third-order valence-electron chi connectivity index (χ3n) is 3.85. The first-order valence-corrected chi connectivity index (χ1v) is 8.30. The number of nitro groups is 1. The van der Waals surface area contributed by atoms with Gasteiger partial charge >= 0.3 is 5.69 Å². The Hall–Kier alpha value is -2.74. The van der Waals surface area contributed by atoms with Gasteiger partial charge in [0.1, 0.15) is 0 Å². The number of phenolic OH excluding ortho intramolecular Hbond substituents is 1. The minimum atomic E-state index is -0.643. The summed E-state index contributed by atoms with van der Waals surface area (Å²) in [5, 5.41) is 28.5. The highest BCUT2D eigenvalue weighted by atomic mass is 32.1. The largest absolute Gasteiger partial charge is 0.502 e. The zero-order valence-electron chi connectivity index (χ0n) is 12.9. The number of carbonyl (C=O) groups excluding carboxylic acids is 1. The molecule has 1 aromatic heterocycles. The molecule has 0 fully saturated rings. The second-order valence-electron chi connectivity index (χ2n) is 5.34. The van der Waals surface area contributed by atoms with E-state index in [1.165, 1.54) is 17.1 Å². The Bertz CT molecular complexity index is 817. The van der Waals surface area contributed by atoms with Crippen molar-refractivity contribution in [3.05, 3.63) is 56.3 Å². The number of thiophene rings is 1. The Labute approximate surface area is 142 Å². The number of hydrogen-bond acceptors (Lipinski definition) is 6. The van der Waals surface area contributed by atoms with Crippen LogP contribution in [0.3, 0.4) is 0 Å². The molecule has 0 saturated heterocycles. The van der Waals surface area contributed by atoms with E-state index in [0.717, 1.165) is 10.6 Å². The number of benzene rings is 1. The summed E-state index contributed by atoms with van der Waals surface area (Å²) >= 11 is 1.54. The van der Waals surface area contributed by atoms with Gasteiger partial charge in [0.25, 0.3) is 0 Å². The number of hydrazone groups is 1. The first-order chi connectivity index (χ1) is 11.5. The van der Waals surface area contributed by atoms with Crippen molar-refractivity contribution in [3.63, 3.8) is 0 Å². The SMILES string of the molecule is CCC(=O)N1N=C(c2cccs2)C[C@H]1c1ccc([N+](=O)[O-])c(O)c1. The van der Waals surface area contributed by atoms with Crippen LogP contribution < -0.4 is 0 Å². The maximum absolute atomic E-state index is 12.2. The molecule has 0 spiro atoms. The Balaban J connectivity index is 1.96. The van der Waals surface area contributed by atoms with Crippen molar-refractivity contribution in [1.29, 1.82) is 0 Å². The summed E-state index contributed by atoms with van der Waals surface area (Å²) in [6.07, 6.45) is 0.806. The monoisotopic (exact) mass is 345 g/mol. The van der Waals surface area contributed by atoms with Crippen LogP contribution in [0, 0.1) is 10.1 Å². The summed E-state index contributed by atoms with van der Waals surface area (Å²) in [7, 11) is 0. The van der Waals surface area contributed by atoms with Crippen molar-refractivity contribution in [2.45, 2.75) is 25.8 Å². The first kappa shape index (κ1) is 16.1. The molecule has 1 aliphatic rings. The van der Waals surface area contributed by atoms with Crippen LogP contribution in [-0.2, 0) is 4.79 Å². The molecule has 2 aromatic rings. The summed E-state index contributed by atoms with van der Waals surface area (Å²) < 4.78 is 0. The predicted molar refractivity (Wildman–Crippen MR) is 90.1 cm³/mol. The van der Waals surface area contributed by atoms with Gasteiger partial charge in [0.15, 0.2) is 5.75 Å². The second-order valence-corrected chi connectivity index (χ2v) is 6.29. The molecule has 0 radical (unpaired) electrons. The number of hydrogen-bond donors (Lipinski definition) is 1. The maximum Gasteiger partial charge on any atom is 0.310 e. The van der Waals surface area contributed by atoms with Gasteiger partial charge in [0.2, 0.25) is 5.91 Å². The number of nitro benzene ring substituents is 1. The highest BCUT2D eigenvalue weighted by molar-refractivity contribution is 7.12. The molecular formula is C16H15N3O4S. The van der Waals surface area contributed by atoms with Crippen molar-refractivity contribution >= 4 is 28.6 Å². The lowest BCUT2D eigenvalue weighted by Crippen LogP contribution is -2.26. The highest BCUT2D eigenvalue weighted by Gasteiger charge is 2.33. The molecule has 1 amide bonds. The van der Waals surface area contributed by atoms with Crippen LogP contribution in [0.1, 0.15) is 36.2 Å². The average Bonchev–Trinajstić information content (AvgIpc) is 3.22. The van der Waals surface area contributed by atoms with Crippen molar-refractivity contribution in [2.24, 2.45) is 5.10 Å². The van der Waals surface area contributed by atoms with E-state index in [1.54, 1.807) is 24.3 Å². The number of carbonyl (C=O) groups is 1. The van der Waals surface area contributed by atoms with Crippen LogP contribution in [0.25, 0.3) is 0 Å². The molecule has 1 aliphatic heterocycles. The van der Waals surface area contributed by atoms with Crippen molar-refractivity contribution in [1.82, 2.24) is 5.01 Å². The van der Waals surface area contributed by atoms with Crippen LogP contribution in [0.2, 0.25) is 0 Å². The highest BCUT2D eigenvalue weighted by Crippen LogP contribution is 2.37. The van der Waals surface area contributed by atoms with E-state index in [-0.39, 0.29) is 17.6 Å². The van der Waals surface area contributed by atoms with E-state index < -0.39 is 10.7 Å². The first-order valence-electron chi connectivity index (χ1n) is 7.42. The van der Waals surface area contributed by atoms with E-state index in [0.29, 0.717) is 18.4 Å². The summed E-state index contributed by atoms with van der Waals surface area (Å²) in [5.74, 6) is -0.546. The van der Waals surface area contributed by atoms with Gasteiger partial charge in [0.05, 0.1) is 21.6 Å². The smallest absolute Gasteiger partial charge is 0.310 e. The summed E-state index contributed by atoms with van der Waals surface area (Å²) in [4.78, 5) is 23.4. The number of nitrogens with zero attached hydrogens (tertiary/aromatic N) is 3. The fourth-order valence-corrected chi connectivity index (χ4v) is 3.38. The van der Waals surface area contributed by atoms with Crippen LogP contribution in [0.4, 0.5) is 5.69 Å². The fraction of sp³-hybridized carbons (Fsp3) is 0.250. The lowest BCUT2D eigenvalue weighted by molar-refractivity contribution is -0.385. The third-order valence-corrected chi connectivity index (χ3v) is 4.77. The molecule has 0 unspecified atom stereocenters. The minimum Gasteiger partial charge on any atom is -0.502 e. The topological polar surface area (TPSA) is 96.0 Å². The Kier molecular flexibility index (Phi) is 4.30. The van der Waals surface area contributed by atoms with Crippen molar-refractivity contribution in [3.8, 4) is 5.75 Å². The van der Waals surface area contributed by atoms with Gasteiger partial charge in [-0.2, -0.15) is 5.10 Å². The van der Waals surface area contributed by atoms with Gasteiger partial charge in [-0.3, -0.25) is 14.9 Å². The standard InChI is InChI=1S/C16H15N3O4S/c1-2-16(21)18-13(9-11(17-18)15-4-3-7-24-15)10-5-6-12(19(22)23)14(20)8-10/h3-8,13,20H,2,9H2,1H3/t13-/m0/s1. The molecule has 3 rings (SSSR count). The third kappa shape index (κ3) is 2.88. The van der Waals surface area contributed by atoms with Gasteiger partial charge in [0, 0.05) is 18.9 Å². The molecule has 0 bridgehead atoms. The van der Waals surface area contributed by atoms with E-state index >= 15 is 0 Å². The van der Waals surface area contributed by atoms with E-state index in [4.69, 9.17) is 0 Å². The minimum absolute atomic E-state index is 0.135. The Morgan fingerprint density at radius 1 is 1.50 bits per heavy atom. The Morgan fingerprint density at radius 2 is 2.29 bits per heavy atom. The van der Waals surface area contributed by atoms with Gasteiger partial charge in [-0.1, -0.05) is 13.0 Å². The molecule has 24 heavy (non-hydrogen) atoms. The number of phenols is 1. The number of aromatic hydroxyl groups is 1. The predicted octanol–water partition coefficient (Wildman–Crippen LogP) is 3.45. The molecule has 1 atom stereocenters. The van der Waals surface area contributed by atoms with Crippen LogP contribution in [0.15, 0.2) is 40.8 Å². The quantitative estimate of drug-likeness (QED) is 0.678. The lowest BCUT2D eigenvalue weighted by Gasteiger charge is -2.21.